The van der Waals surface area contributed by atoms with Crippen molar-refractivity contribution in [3.8, 4) is 0 Å². The molecular formula is C17H14N2O2S2. The van der Waals surface area contributed by atoms with Gasteiger partial charge in [0.2, 0.25) is 0 Å². The number of H-pyrrole nitrogens is 1. The van der Waals surface area contributed by atoms with Crippen molar-refractivity contribution in [1.82, 2.24) is 9.97 Å². The molecule has 3 rings (SSSR count). The van der Waals surface area contributed by atoms with Gasteiger partial charge in [0.25, 0.3) is 0 Å². The number of rotatable bonds is 5. The number of fused-ring (bicyclic) bond motifs is 1. The first-order valence-electron chi connectivity index (χ1n) is 6.87. The molecule has 3 aromatic rings. The molecule has 4 nitrogen and oxygen atoms in total. The smallest absolute Gasteiger partial charge is 0.342 e. The summed E-state index contributed by atoms with van der Waals surface area (Å²) in [5, 5.41) is 10.0. The predicted octanol–water partition coefficient (Wildman–Crippen LogP) is 4.50. The molecule has 0 bridgehead atoms. The first-order chi connectivity index (χ1) is 11.2. The van der Waals surface area contributed by atoms with Crippen LogP contribution in [0.3, 0.4) is 0 Å². The number of hydrogen-bond donors (Lipinski definition) is 2. The molecule has 0 aliphatic carbocycles. The van der Waals surface area contributed by atoms with Crippen LogP contribution < -0.4 is 0 Å². The van der Waals surface area contributed by atoms with E-state index in [1.165, 1.54) is 0 Å². The van der Waals surface area contributed by atoms with Crippen molar-refractivity contribution < 1.29 is 9.90 Å². The number of aromatic amines is 1. The van der Waals surface area contributed by atoms with E-state index in [9.17, 15) is 9.90 Å². The molecule has 0 saturated heterocycles. The number of aliphatic carboxylic acids is 1. The normalized spacial score (nSPS) is 11.8. The molecule has 0 saturated carbocycles. The Morgan fingerprint density at radius 3 is 2.57 bits per heavy atom. The van der Waals surface area contributed by atoms with Crippen LogP contribution in [-0.4, -0.2) is 27.3 Å². The van der Waals surface area contributed by atoms with E-state index in [4.69, 9.17) is 0 Å². The van der Waals surface area contributed by atoms with Gasteiger partial charge in [0.15, 0.2) is 5.16 Å². The Morgan fingerprint density at radius 1 is 1.17 bits per heavy atom. The zero-order valence-electron chi connectivity index (χ0n) is 12.3. The lowest BCUT2D eigenvalue weighted by Crippen LogP contribution is -1.97. The van der Waals surface area contributed by atoms with Crippen LogP contribution in [0.2, 0.25) is 0 Å². The van der Waals surface area contributed by atoms with Gasteiger partial charge in [0, 0.05) is 4.90 Å². The molecule has 6 heteroatoms. The monoisotopic (exact) mass is 342 g/mol. The average Bonchev–Trinajstić information content (AvgIpc) is 2.97. The standard InChI is InChI=1S/C17H14N2O2S2/c1-22-12-8-6-11(7-9-12)10-15(16(20)21)23-17-18-13-4-2-3-5-14(13)19-17/h2-10H,1H3,(H,18,19)(H,20,21)/b15-10-. The molecule has 0 unspecified atom stereocenters. The Labute approximate surface area is 142 Å². The van der Waals surface area contributed by atoms with Gasteiger partial charge >= 0.3 is 5.97 Å². The number of nitrogens with one attached hydrogen (secondary N) is 1. The average molecular weight is 342 g/mol. The lowest BCUT2D eigenvalue weighted by molar-refractivity contribution is -0.131. The van der Waals surface area contributed by atoms with Crippen molar-refractivity contribution in [1.29, 1.82) is 0 Å². The third-order valence-electron chi connectivity index (χ3n) is 3.20. The van der Waals surface area contributed by atoms with Gasteiger partial charge in [0.1, 0.15) is 4.91 Å². The maximum atomic E-state index is 11.5. The highest BCUT2D eigenvalue weighted by Gasteiger charge is 2.13. The van der Waals surface area contributed by atoms with Gasteiger partial charge in [-0.05, 0) is 53.9 Å². The molecule has 2 aromatic carbocycles. The van der Waals surface area contributed by atoms with Gasteiger partial charge in [-0.25, -0.2) is 9.78 Å². The van der Waals surface area contributed by atoms with Crippen LogP contribution in [0.4, 0.5) is 0 Å². The molecular weight excluding hydrogens is 328 g/mol. The Morgan fingerprint density at radius 2 is 1.91 bits per heavy atom. The number of nitrogens with zero attached hydrogens (tertiary/aromatic N) is 1. The summed E-state index contributed by atoms with van der Waals surface area (Å²) >= 11 is 2.77. The van der Waals surface area contributed by atoms with Crippen molar-refractivity contribution in [3.05, 3.63) is 59.0 Å². The van der Waals surface area contributed by atoms with E-state index in [0.29, 0.717) is 5.16 Å². The number of carboxylic acids is 1. The highest BCUT2D eigenvalue weighted by atomic mass is 32.2. The third-order valence-corrected chi connectivity index (χ3v) is 4.84. The SMILES string of the molecule is CSc1ccc(/C=C(\Sc2nc3ccccc3[nH]2)C(=O)O)cc1. The summed E-state index contributed by atoms with van der Waals surface area (Å²) in [7, 11) is 0. The van der Waals surface area contributed by atoms with Crippen molar-refractivity contribution in [2.45, 2.75) is 10.1 Å². The second-order valence-corrected chi connectivity index (χ2v) is 6.66. The van der Waals surface area contributed by atoms with Crippen LogP contribution in [-0.2, 0) is 4.79 Å². The maximum absolute atomic E-state index is 11.5. The van der Waals surface area contributed by atoms with Crippen LogP contribution in [0, 0.1) is 0 Å². The van der Waals surface area contributed by atoms with Crippen LogP contribution in [0.15, 0.2) is 63.5 Å². The predicted molar refractivity (Wildman–Crippen MR) is 95.8 cm³/mol. The van der Waals surface area contributed by atoms with E-state index < -0.39 is 5.97 Å². The Balaban J connectivity index is 1.88. The minimum atomic E-state index is -0.968. The van der Waals surface area contributed by atoms with E-state index in [0.717, 1.165) is 33.3 Å². The highest BCUT2D eigenvalue weighted by Crippen LogP contribution is 2.28. The molecule has 2 N–H and O–H groups in total. The fourth-order valence-corrected chi connectivity index (χ4v) is 3.27. The number of para-hydroxylation sites is 2. The molecule has 0 aliphatic rings. The zero-order chi connectivity index (χ0) is 16.2. The van der Waals surface area contributed by atoms with Gasteiger partial charge < -0.3 is 10.1 Å². The van der Waals surface area contributed by atoms with E-state index >= 15 is 0 Å². The van der Waals surface area contributed by atoms with E-state index in [1.54, 1.807) is 17.8 Å². The number of aromatic nitrogens is 2. The van der Waals surface area contributed by atoms with Gasteiger partial charge in [-0.2, -0.15) is 0 Å². The van der Waals surface area contributed by atoms with Crippen molar-refractivity contribution in [2.75, 3.05) is 6.26 Å². The van der Waals surface area contributed by atoms with E-state index in [-0.39, 0.29) is 4.91 Å². The lowest BCUT2D eigenvalue weighted by Gasteiger charge is -2.01. The van der Waals surface area contributed by atoms with Gasteiger partial charge in [0.05, 0.1) is 11.0 Å². The third kappa shape index (κ3) is 3.78. The first kappa shape index (κ1) is 15.7. The molecule has 1 heterocycles. The summed E-state index contributed by atoms with van der Waals surface area (Å²) in [6, 6.07) is 15.4. The molecule has 0 spiro atoms. The quantitative estimate of drug-likeness (QED) is 0.528. The second-order valence-electron chi connectivity index (χ2n) is 4.75. The van der Waals surface area contributed by atoms with Crippen molar-refractivity contribution in [2.24, 2.45) is 0 Å². The molecule has 0 fully saturated rings. The molecule has 0 atom stereocenters. The number of thioether (sulfide) groups is 2. The zero-order valence-corrected chi connectivity index (χ0v) is 13.9. The van der Waals surface area contributed by atoms with Gasteiger partial charge in [-0.1, -0.05) is 24.3 Å². The summed E-state index contributed by atoms with van der Waals surface area (Å²) in [5.74, 6) is -0.968. The van der Waals surface area contributed by atoms with E-state index in [1.807, 2.05) is 54.8 Å². The largest absolute Gasteiger partial charge is 0.477 e. The number of carbonyl (C=O) groups is 1. The van der Waals surface area contributed by atoms with Gasteiger partial charge in [-0.15, -0.1) is 11.8 Å². The summed E-state index contributed by atoms with van der Waals surface area (Å²) in [6.07, 6.45) is 3.66. The number of hydrogen-bond acceptors (Lipinski definition) is 4. The number of carboxylic acid groups (broad SMARTS) is 1. The van der Waals surface area contributed by atoms with E-state index in [2.05, 4.69) is 9.97 Å². The van der Waals surface area contributed by atoms with Gasteiger partial charge in [-0.3, -0.25) is 0 Å². The van der Waals surface area contributed by atoms with Crippen molar-refractivity contribution in [3.63, 3.8) is 0 Å². The van der Waals surface area contributed by atoms with Crippen LogP contribution >= 0.6 is 23.5 Å². The summed E-state index contributed by atoms with van der Waals surface area (Å²) in [5.41, 5.74) is 2.57. The fourth-order valence-electron chi connectivity index (χ4n) is 2.07. The minimum absolute atomic E-state index is 0.223. The topological polar surface area (TPSA) is 66.0 Å². The molecule has 116 valence electrons. The number of benzene rings is 2. The second kappa shape index (κ2) is 6.93. The molecule has 23 heavy (non-hydrogen) atoms. The summed E-state index contributed by atoms with van der Waals surface area (Å²) < 4.78 is 0. The summed E-state index contributed by atoms with van der Waals surface area (Å²) in [4.78, 5) is 20.4. The molecule has 0 amide bonds. The van der Waals surface area contributed by atoms with Crippen molar-refractivity contribution >= 4 is 46.6 Å². The minimum Gasteiger partial charge on any atom is -0.477 e. The Bertz CT molecular complexity index is 837. The van der Waals surface area contributed by atoms with Crippen LogP contribution in [0.5, 0.6) is 0 Å². The molecule has 0 radical (unpaired) electrons. The maximum Gasteiger partial charge on any atom is 0.342 e. The molecule has 1 aromatic heterocycles. The Kier molecular flexibility index (Phi) is 4.73. The lowest BCUT2D eigenvalue weighted by atomic mass is 10.2. The van der Waals surface area contributed by atoms with Crippen LogP contribution in [0.1, 0.15) is 5.56 Å². The summed E-state index contributed by atoms with van der Waals surface area (Å²) in [6.45, 7) is 0. The highest BCUT2D eigenvalue weighted by molar-refractivity contribution is 8.04. The van der Waals surface area contributed by atoms with Crippen LogP contribution in [0.25, 0.3) is 17.1 Å². The Hall–Kier alpha value is -2.18. The fraction of sp³-hybridized carbons (Fsp3) is 0.0588. The molecule has 0 aliphatic heterocycles. The number of imidazole rings is 1. The first-order valence-corrected chi connectivity index (χ1v) is 8.91.